The highest BCUT2D eigenvalue weighted by atomic mass is 19.4. The molecule has 1 unspecified atom stereocenters. The van der Waals surface area contributed by atoms with E-state index >= 15 is 0 Å². The second kappa shape index (κ2) is 6.66. The normalized spacial score (nSPS) is 13.0. The third kappa shape index (κ3) is 3.55. The fourth-order valence-electron chi connectivity index (χ4n) is 2.70. The fraction of sp³-hybridized carbons (Fsp3) is 0.222. The number of hydrogen-bond donors (Lipinski definition) is 0. The monoisotopic (exact) mass is 349 g/mol. The SMILES string of the molecule is CCc1ccc(C(n2ccnc2-c2cccc(F)n2)C(F)(F)F)cc1. The van der Waals surface area contributed by atoms with Gasteiger partial charge in [-0.2, -0.15) is 17.6 Å². The van der Waals surface area contributed by atoms with Crippen molar-refractivity contribution in [2.24, 2.45) is 0 Å². The van der Waals surface area contributed by atoms with Crippen LogP contribution in [-0.2, 0) is 6.42 Å². The molecule has 0 aliphatic carbocycles. The molecule has 130 valence electrons. The van der Waals surface area contributed by atoms with E-state index in [1.54, 1.807) is 12.1 Å². The first-order valence-corrected chi connectivity index (χ1v) is 7.71. The van der Waals surface area contributed by atoms with E-state index in [0.29, 0.717) is 0 Å². The lowest BCUT2D eigenvalue weighted by Crippen LogP contribution is -2.28. The third-order valence-corrected chi connectivity index (χ3v) is 3.90. The van der Waals surface area contributed by atoms with E-state index in [1.165, 1.54) is 36.7 Å². The smallest absolute Gasteiger partial charge is 0.313 e. The Bertz CT molecular complexity index is 853. The molecule has 2 heterocycles. The van der Waals surface area contributed by atoms with Gasteiger partial charge in [0.2, 0.25) is 5.95 Å². The van der Waals surface area contributed by atoms with Crippen molar-refractivity contribution in [3.8, 4) is 11.5 Å². The molecule has 0 fully saturated rings. The molecule has 0 bridgehead atoms. The van der Waals surface area contributed by atoms with E-state index in [-0.39, 0.29) is 17.1 Å². The average molecular weight is 349 g/mol. The summed E-state index contributed by atoms with van der Waals surface area (Å²) in [5.74, 6) is -0.815. The summed E-state index contributed by atoms with van der Waals surface area (Å²) < 4.78 is 55.7. The molecule has 3 aromatic rings. The Kier molecular flexibility index (Phi) is 4.57. The highest BCUT2D eigenvalue weighted by molar-refractivity contribution is 5.50. The molecule has 2 aromatic heterocycles. The predicted octanol–water partition coefficient (Wildman–Crippen LogP) is 4.80. The molecule has 25 heavy (non-hydrogen) atoms. The van der Waals surface area contributed by atoms with Crippen molar-refractivity contribution < 1.29 is 17.6 Å². The van der Waals surface area contributed by atoms with E-state index < -0.39 is 18.2 Å². The first-order valence-electron chi connectivity index (χ1n) is 7.71. The molecular formula is C18H15F4N3. The van der Waals surface area contributed by atoms with Crippen molar-refractivity contribution >= 4 is 0 Å². The highest BCUT2D eigenvalue weighted by Crippen LogP contribution is 2.38. The van der Waals surface area contributed by atoms with Crippen molar-refractivity contribution in [2.75, 3.05) is 0 Å². The van der Waals surface area contributed by atoms with Crippen LogP contribution >= 0.6 is 0 Å². The van der Waals surface area contributed by atoms with Gasteiger partial charge in [0, 0.05) is 12.4 Å². The minimum absolute atomic E-state index is 0.0404. The zero-order chi connectivity index (χ0) is 18.0. The Morgan fingerprint density at radius 2 is 1.80 bits per heavy atom. The van der Waals surface area contributed by atoms with Crippen LogP contribution in [0, 0.1) is 5.95 Å². The Balaban J connectivity index is 2.11. The van der Waals surface area contributed by atoms with E-state index in [1.807, 2.05) is 6.92 Å². The van der Waals surface area contributed by atoms with Gasteiger partial charge in [0.25, 0.3) is 0 Å². The maximum absolute atomic E-state index is 13.8. The quantitative estimate of drug-likeness (QED) is 0.500. The average Bonchev–Trinajstić information content (AvgIpc) is 3.03. The van der Waals surface area contributed by atoms with Crippen LogP contribution in [0.1, 0.15) is 24.1 Å². The molecule has 0 aliphatic rings. The lowest BCUT2D eigenvalue weighted by molar-refractivity contribution is -0.156. The van der Waals surface area contributed by atoms with Crippen molar-refractivity contribution in [3.05, 3.63) is 71.9 Å². The minimum Gasteiger partial charge on any atom is -0.313 e. The van der Waals surface area contributed by atoms with Gasteiger partial charge in [-0.3, -0.25) is 0 Å². The van der Waals surface area contributed by atoms with E-state index in [2.05, 4.69) is 9.97 Å². The summed E-state index contributed by atoms with van der Waals surface area (Å²) in [5.41, 5.74) is 1.08. The number of halogens is 4. The maximum Gasteiger partial charge on any atom is 0.413 e. The lowest BCUT2D eigenvalue weighted by atomic mass is 10.0. The molecule has 0 radical (unpaired) electrons. The number of alkyl halides is 3. The molecular weight excluding hydrogens is 334 g/mol. The van der Waals surface area contributed by atoms with Crippen LogP contribution in [0.25, 0.3) is 11.5 Å². The summed E-state index contributed by atoms with van der Waals surface area (Å²) in [5, 5.41) is 0. The van der Waals surface area contributed by atoms with E-state index in [0.717, 1.165) is 22.6 Å². The second-order valence-electron chi connectivity index (χ2n) is 5.54. The molecule has 1 aromatic carbocycles. The van der Waals surface area contributed by atoms with Gasteiger partial charge >= 0.3 is 6.18 Å². The molecule has 0 aliphatic heterocycles. The number of nitrogens with zero attached hydrogens (tertiary/aromatic N) is 3. The van der Waals surface area contributed by atoms with E-state index in [9.17, 15) is 17.6 Å². The Morgan fingerprint density at radius 1 is 1.08 bits per heavy atom. The van der Waals surface area contributed by atoms with Gasteiger partial charge in [-0.15, -0.1) is 0 Å². The van der Waals surface area contributed by atoms with Crippen molar-refractivity contribution in [3.63, 3.8) is 0 Å². The summed E-state index contributed by atoms with van der Waals surface area (Å²) in [4.78, 5) is 7.60. The summed E-state index contributed by atoms with van der Waals surface area (Å²) in [6.07, 6.45) is -1.33. The standard InChI is InChI=1S/C18H15F4N3/c1-2-12-6-8-13(9-7-12)16(18(20,21)22)25-11-10-23-17(25)14-4-3-5-15(19)24-14/h3-11,16H,2H2,1H3. The number of rotatable bonds is 4. The lowest BCUT2D eigenvalue weighted by Gasteiger charge is -2.24. The van der Waals surface area contributed by atoms with Gasteiger partial charge in [0.05, 0.1) is 0 Å². The van der Waals surface area contributed by atoms with Gasteiger partial charge in [-0.25, -0.2) is 9.97 Å². The zero-order valence-corrected chi connectivity index (χ0v) is 13.3. The fourth-order valence-corrected chi connectivity index (χ4v) is 2.70. The maximum atomic E-state index is 13.8. The molecule has 3 nitrogen and oxygen atoms in total. The van der Waals surface area contributed by atoms with Crippen LogP contribution < -0.4 is 0 Å². The molecule has 3 rings (SSSR count). The van der Waals surface area contributed by atoms with Gasteiger partial charge in [0.15, 0.2) is 11.9 Å². The van der Waals surface area contributed by atoms with Crippen LogP contribution in [0.3, 0.4) is 0 Å². The van der Waals surface area contributed by atoms with Crippen molar-refractivity contribution in [1.82, 2.24) is 14.5 Å². The first-order chi connectivity index (χ1) is 11.9. The largest absolute Gasteiger partial charge is 0.413 e. The molecule has 0 amide bonds. The second-order valence-corrected chi connectivity index (χ2v) is 5.54. The first kappa shape index (κ1) is 17.1. The predicted molar refractivity (Wildman–Crippen MR) is 85.4 cm³/mol. The van der Waals surface area contributed by atoms with E-state index in [4.69, 9.17) is 0 Å². The van der Waals surface area contributed by atoms with Crippen LogP contribution in [-0.4, -0.2) is 20.7 Å². The highest BCUT2D eigenvalue weighted by Gasteiger charge is 2.43. The Morgan fingerprint density at radius 3 is 2.40 bits per heavy atom. The molecule has 0 saturated heterocycles. The van der Waals surface area contributed by atoms with Gasteiger partial charge in [-0.1, -0.05) is 37.3 Å². The summed E-state index contributed by atoms with van der Waals surface area (Å²) in [7, 11) is 0. The molecule has 1 atom stereocenters. The van der Waals surface area contributed by atoms with Crippen molar-refractivity contribution in [1.29, 1.82) is 0 Å². The number of hydrogen-bond acceptors (Lipinski definition) is 2. The number of imidazole rings is 1. The van der Waals surface area contributed by atoms with Crippen LogP contribution in [0.2, 0.25) is 0 Å². The topological polar surface area (TPSA) is 30.7 Å². The van der Waals surface area contributed by atoms with Crippen LogP contribution in [0.15, 0.2) is 54.9 Å². The molecule has 7 heteroatoms. The minimum atomic E-state index is -4.55. The summed E-state index contributed by atoms with van der Waals surface area (Å²) >= 11 is 0. The summed E-state index contributed by atoms with van der Waals surface area (Å²) in [6.45, 7) is 1.93. The van der Waals surface area contributed by atoms with Gasteiger partial charge in [0.1, 0.15) is 5.69 Å². The Hall–Kier alpha value is -2.70. The van der Waals surface area contributed by atoms with Gasteiger partial charge < -0.3 is 4.57 Å². The number of pyridine rings is 1. The molecule has 0 saturated carbocycles. The Labute approximate surface area is 142 Å². The van der Waals surface area contributed by atoms with Gasteiger partial charge in [-0.05, 0) is 29.7 Å². The zero-order valence-electron chi connectivity index (χ0n) is 13.3. The number of benzene rings is 1. The number of aromatic nitrogens is 3. The number of aryl methyl sites for hydroxylation is 1. The van der Waals surface area contributed by atoms with Crippen LogP contribution in [0.5, 0.6) is 0 Å². The van der Waals surface area contributed by atoms with Crippen LogP contribution in [0.4, 0.5) is 17.6 Å². The third-order valence-electron chi connectivity index (χ3n) is 3.90. The van der Waals surface area contributed by atoms with Crippen molar-refractivity contribution in [2.45, 2.75) is 25.6 Å². The summed E-state index contributed by atoms with van der Waals surface area (Å²) in [6, 6.07) is 8.27. The molecule has 0 N–H and O–H groups in total. The molecule has 0 spiro atoms.